The number of rotatable bonds is 5. The lowest BCUT2D eigenvalue weighted by molar-refractivity contribution is 0.590. The number of pyridine rings is 1. The summed E-state index contributed by atoms with van der Waals surface area (Å²) in [6.07, 6.45) is 3.85. The van der Waals surface area contributed by atoms with E-state index in [1.54, 1.807) is 12.3 Å². The Morgan fingerprint density at radius 3 is 2.89 bits per heavy atom. The Kier molecular flexibility index (Phi) is 4.42. The van der Waals surface area contributed by atoms with Crippen LogP contribution in [0.15, 0.2) is 24.4 Å². The first kappa shape index (κ1) is 13.9. The zero-order valence-corrected chi connectivity index (χ0v) is 11.3. The van der Waals surface area contributed by atoms with Crippen LogP contribution in [0.5, 0.6) is 0 Å². The fourth-order valence-electron chi connectivity index (χ4n) is 1.83. The van der Waals surface area contributed by atoms with Crippen LogP contribution in [-0.4, -0.2) is 27.7 Å². The van der Waals surface area contributed by atoms with E-state index < -0.39 is 22.4 Å². The molecule has 0 amide bonds. The minimum Gasteiger partial charge on any atom is -0.384 e. The number of aromatic nitrogens is 1. The van der Waals surface area contributed by atoms with Crippen LogP contribution in [0, 0.1) is 11.6 Å². The van der Waals surface area contributed by atoms with Gasteiger partial charge in [-0.05, 0) is 18.6 Å². The highest BCUT2D eigenvalue weighted by Gasteiger charge is 2.08. The van der Waals surface area contributed by atoms with Crippen molar-refractivity contribution >= 4 is 27.4 Å². The van der Waals surface area contributed by atoms with E-state index in [2.05, 4.69) is 10.3 Å². The molecule has 0 unspecified atom stereocenters. The second-order valence-electron chi connectivity index (χ2n) is 4.20. The van der Waals surface area contributed by atoms with Crippen molar-refractivity contribution in [2.45, 2.75) is 6.42 Å². The van der Waals surface area contributed by atoms with Crippen molar-refractivity contribution in [3.8, 4) is 0 Å². The predicted octanol–water partition coefficient (Wildman–Crippen LogP) is 2.69. The predicted molar refractivity (Wildman–Crippen MR) is 73.7 cm³/mol. The summed E-state index contributed by atoms with van der Waals surface area (Å²) in [7, 11) is -0.830. The molecule has 19 heavy (non-hydrogen) atoms. The summed E-state index contributed by atoms with van der Waals surface area (Å²) in [4.78, 5) is 3.91. The lowest BCUT2D eigenvalue weighted by Gasteiger charge is -2.09. The molecule has 1 atom stereocenters. The minimum absolute atomic E-state index is 0.144. The van der Waals surface area contributed by atoms with Crippen LogP contribution >= 0.6 is 0 Å². The number of benzene rings is 1. The first-order valence-electron chi connectivity index (χ1n) is 5.85. The summed E-state index contributed by atoms with van der Waals surface area (Å²) in [5.41, 5.74) is 0.774. The van der Waals surface area contributed by atoms with Crippen molar-refractivity contribution in [2.75, 3.05) is 23.9 Å². The average Bonchev–Trinajstić information content (AvgIpc) is 2.34. The molecule has 6 heteroatoms. The maximum Gasteiger partial charge on any atom is 0.152 e. The van der Waals surface area contributed by atoms with E-state index in [-0.39, 0.29) is 5.52 Å². The van der Waals surface area contributed by atoms with Crippen molar-refractivity contribution in [3.05, 3.63) is 36.0 Å². The fourth-order valence-corrected chi connectivity index (χ4v) is 2.38. The maximum absolute atomic E-state index is 13.6. The van der Waals surface area contributed by atoms with Gasteiger partial charge in [0.1, 0.15) is 11.3 Å². The van der Waals surface area contributed by atoms with Gasteiger partial charge < -0.3 is 5.32 Å². The molecule has 0 radical (unpaired) electrons. The molecule has 1 aromatic heterocycles. The Hall–Kier alpha value is -1.56. The van der Waals surface area contributed by atoms with Gasteiger partial charge in [0, 0.05) is 52.7 Å². The number of nitrogens with zero attached hydrogens (tertiary/aromatic N) is 1. The van der Waals surface area contributed by atoms with E-state index in [0.717, 1.165) is 12.5 Å². The van der Waals surface area contributed by atoms with Crippen molar-refractivity contribution in [3.63, 3.8) is 0 Å². The van der Waals surface area contributed by atoms with E-state index in [9.17, 15) is 13.0 Å². The van der Waals surface area contributed by atoms with Crippen molar-refractivity contribution in [2.24, 2.45) is 0 Å². The topological polar surface area (TPSA) is 42.0 Å². The lowest BCUT2D eigenvalue weighted by atomic mass is 10.1. The molecule has 1 aromatic carbocycles. The third-order valence-electron chi connectivity index (χ3n) is 2.69. The van der Waals surface area contributed by atoms with E-state index in [1.807, 2.05) is 0 Å². The van der Waals surface area contributed by atoms with Gasteiger partial charge in [0.2, 0.25) is 0 Å². The summed E-state index contributed by atoms with van der Waals surface area (Å²) in [5.74, 6) is -0.706. The average molecular weight is 284 g/mol. The van der Waals surface area contributed by atoms with Gasteiger partial charge in [-0.25, -0.2) is 8.78 Å². The molecular formula is C13H14F2N2OS. The fraction of sp³-hybridized carbons (Fsp3) is 0.308. The molecule has 0 saturated heterocycles. The second kappa shape index (κ2) is 6.06. The molecular weight excluding hydrogens is 270 g/mol. The van der Waals surface area contributed by atoms with Crippen LogP contribution in [0.1, 0.15) is 6.42 Å². The number of hydrogen-bond donors (Lipinski definition) is 1. The van der Waals surface area contributed by atoms with E-state index in [4.69, 9.17) is 0 Å². The van der Waals surface area contributed by atoms with Gasteiger partial charge in [-0.1, -0.05) is 0 Å². The Morgan fingerprint density at radius 2 is 2.16 bits per heavy atom. The van der Waals surface area contributed by atoms with Crippen LogP contribution in [-0.2, 0) is 10.8 Å². The number of hydrogen-bond acceptors (Lipinski definition) is 3. The largest absolute Gasteiger partial charge is 0.384 e. The third kappa shape index (κ3) is 3.47. The molecule has 0 aliphatic rings. The maximum atomic E-state index is 13.6. The Labute approximate surface area is 112 Å². The smallest absolute Gasteiger partial charge is 0.152 e. The van der Waals surface area contributed by atoms with Crippen molar-refractivity contribution in [1.82, 2.24) is 4.98 Å². The molecule has 102 valence electrons. The van der Waals surface area contributed by atoms with Gasteiger partial charge in [0.15, 0.2) is 5.82 Å². The summed E-state index contributed by atoms with van der Waals surface area (Å²) in [6.45, 7) is 0.594. The van der Waals surface area contributed by atoms with Crippen LogP contribution in [0.3, 0.4) is 0 Å². The molecule has 0 aliphatic carbocycles. The normalized spacial score (nSPS) is 12.6. The van der Waals surface area contributed by atoms with E-state index >= 15 is 0 Å². The van der Waals surface area contributed by atoms with Crippen molar-refractivity contribution < 1.29 is 13.0 Å². The zero-order chi connectivity index (χ0) is 13.8. The van der Waals surface area contributed by atoms with Gasteiger partial charge in [0.25, 0.3) is 0 Å². The standard InChI is InChI=1S/C13H14F2N2OS/c1-19(18)6-2-4-16-12-3-5-17-13-10(12)7-9(14)8-11(13)15/h3,5,7-8H,2,4,6H2,1H3,(H,16,17)/t19-/m0/s1. The molecule has 0 spiro atoms. The van der Waals surface area contributed by atoms with Crippen LogP contribution in [0.4, 0.5) is 14.5 Å². The van der Waals surface area contributed by atoms with Gasteiger partial charge in [-0.3, -0.25) is 9.19 Å². The summed E-state index contributed by atoms with van der Waals surface area (Å²) < 4.78 is 37.7. The first-order chi connectivity index (χ1) is 9.08. The Morgan fingerprint density at radius 1 is 1.37 bits per heavy atom. The molecule has 0 saturated carbocycles. The second-order valence-corrected chi connectivity index (χ2v) is 5.75. The lowest BCUT2D eigenvalue weighted by Crippen LogP contribution is -2.06. The zero-order valence-electron chi connectivity index (χ0n) is 10.5. The summed E-state index contributed by atoms with van der Waals surface area (Å²) in [5, 5.41) is 3.50. The monoisotopic (exact) mass is 284 g/mol. The number of nitrogens with one attached hydrogen (secondary N) is 1. The highest BCUT2D eigenvalue weighted by atomic mass is 32.2. The SMILES string of the molecule is C[S@](=O)CCCNc1ccnc2c(F)cc(F)cc12. The number of anilines is 1. The van der Waals surface area contributed by atoms with Gasteiger partial charge in [-0.15, -0.1) is 0 Å². The third-order valence-corrected chi connectivity index (χ3v) is 3.55. The first-order valence-corrected chi connectivity index (χ1v) is 7.58. The van der Waals surface area contributed by atoms with Gasteiger partial charge in [0.05, 0.1) is 0 Å². The summed E-state index contributed by atoms with van der Waals surface area (Å²) in [6, 6.07) is 3.75. The van der Waals surface area contributed by atoms with Crippen LogP contribution < -0.4 is 5.32 Å². The molecule has 1 N–H and O–H groups in total. The molecule has 2 rings (SSSR count). The van der Waals surface area contributed by atoms with Gasteiger partial charge >= 0.3 is 0 Å². The molecule has 0 bridgehead atoms. The van der Waals surface area contributed by atoms with Crippen LogP contribution in [0.2, 0.25) is 0 Å². The van der Waals surface area contributed by atoms with E-state index in [0.29, 0.717) is 23.4 Å². The van der Waals surface area contributed by atoms with E-state index in [1.165, 1.54) is 12.3 Å². The Bertz CT molecular complexity index is 619. The summed E-state index contributed by atoms with van der Waals surface area (Å²) >= 11 is 0. The molecule has 1 heterocycles. The molecule has 3 nitrogen and oxygen atoms in total. The van der Waals surface area contributed by atoms with Crippen LogP contribution in [0.25, 0.3) is 10.9 Å². The molecule has 0 aliphatic heterocycles. The molecule has 2 aromatic rings. The van der Waals surface area contributed by atoms with Gasteiger partial charge in [-0.2, -0.15) is 0 Å². The number of halogens is 2. The highest BCUT2D eigenvalue weighted by Crippen LogP contribution is 2.24. The number of fused-ring (bicyclic) bond motifs is 1. The highest BCUT2D eigenvalue weighted by molar-refractivity contribution is 7.84. The quantitative estimate of drug-likeness (QED) is 0.858. The minimum atomic E-state index is -0.830. The van der Waals surface area contributed by atoms with Crippen molar-refractivity contribution in [1.29, 1.82) is 0 Å². The Balaban J connectivity index is 2.21. The molecule has 0 fully saturated rings.